The number of fused-ring (bicyclic) bond motifs is 3. The van der Waals surface area contributed by atoms with E-state index in [-0.39, 0.29) is 12.2 Å². The fraction of sp³-hybridized carbons (Fsp3) is 0.182. The van der Waals surface area contributed by atoms with Crippen LogP contribution in [0.5, 0.6) is 0 Å². The van der Waals surface area contributed by atoms with E-state index in [0.717, 1.165) is 38.4 Å². The minimum atomic E-state index is -0.641. The molecule has 5 aromatic rings. The van der Waals surface area contributed by atoms with Crippen LogP contribution in [0, 0.1) is 0 Å². The first-order valence-electron chi connectivity index (χ1n) is 13.2. The van der Waals surface area contributed by atoms with Crippen molar-refractivity contribution in [1.82, 2.24) is 4.57 Å². The molecule has 40 heavy (non-hydrogen) atoms. The van der Waals surface area contributed by atoms with Crippen LogP contribution in [0.25, 0.3) is 27.6 Å². The Kier molecular flexibility index (Phi) is 6.60. The molecule has 6 rings (SSSR count). The van der Waals surface area contributed by atoms with E-state index in [9.17, 15) is 9.59 Å². The highest BCUT2D eigenvalue weighted by atomic mass is 32.1. The molecular weight excluding hydrogens is 518 g/mol. The lowest BCUT2D eigenvalue weighted by atomic mass is 9.95. The summed E-state index contributed by atoms with van der Waals surface area (Å²) in [5.41, 5.74) is 3.60. The summed E-state index contributed by atoms with van der Waals surface area (Å²) in [5, 5.41) is 4.37. The molecule has 6 nitrogen and oxygen atoms in total. The molecule has 0 fully saturated rings. The van der Waals surface area contributed by atoms with Crippen LogP contribution >= 0.6 is 11.3 Å². The van der Waals surface area contributed by atoms with Crippen molar-refractivity contribution >= 4 is 50.6 Å². The number of benzene rings is 4. The van der Waals surface area contributed by atoms with Gasteiger partial charge in [-0.25, -0.2) is 9.79 Å². The Hall–Kier alpha value is -4.49. The van der Waals surface area contributed by atoms with Gasteiger partial charge >= 0.3 is 5.97 Å². The molecule has 1 aliphatic rings. The van der Waals surface area contributed by atoms with E-state index in [1.54, 1.807) is 11.5 Å². The molecule has 0 N–H and O–H groups in total. The number of carbonyl (C=O) groups excluding carboxylic acids is 1. The smallest absolute Gasteiger partial charge is 0.338 e. The van der Waals surface area contributed by atoms with Crippen molar-refractivity contribution in [2.45, 2.75) is 19.9 Å². The number of allylic oxidation sites excluding steroid dienone is 1. The highest BCUT2D eigenvalue weighted by Gasteiger charge is 2.33. The predicted molar refractivity (Wildman–Crippen MR) is 163 cm³/mol. The highest BCUT2D eigenvalue weighted by molar-refractivity contribution is 7.07. The maximum Gasteiger partial charge on any atom is 0.338 e. The second kappa shape index (κ2) is 10.2. The van der Waals surface area contributed by atoms with Gasteiger partial charge in [-0.1, -0.05) is 72.0 Å². The third kappa shape index (κ3) is 4.32. The third-order valence-electron chi connectivity index (χ3n) is 7.33. The van der Waals surface area contributed by atoms with Crippen molar-refractivity contribution in [3.05, 3.63) is 121 Å². The van der Waals surface area contributed by atoms with E-state index in [4.69, 9.17) is 9.73 Å². The number of nitrogens with zero attached hydrogens (tertiary/aromatic N) is 3. The van der Waals surface area contributed by atoms with E-state index >= 15 is 0 Å². The summed E-state index contributed by atoms with van der Waals surface area (Å²) in [6.45, 7) is 3.82. The predicted octanol–water partition coefficient (Wildman–Crippen LogP) is 5.17. The molecule has 0 spiro atoms. The Morgan fingerprint density at radius 3 is 2.23 bits per heavy atom. The first-order chi connectivity index (χ1) is 19.4. The number of thiazole rings is 1. The molecule has 0 saturated heterocycles. The third-order valence-corrected chi connectivity index (χ3v) is 8.31. The number of hydrogen-bond donors (Lipinski definition) is 0. The van der Waals surface area contributed by atoms with Crippen LogP contribution in [0.4, 0.5) is 5.69 Å². The van der Waals surface area contributed by atoms with Crippen LogP contribution in [0.15, 0.2) is 99.9 Å². The molecule has 2 heterocycles. The topological polar surface area (TPSA) is 63.9 Å². The van der Waals surface area contributed by atoms with Gasteiger partial charge in [0.15, 0.2) is 4.80 Å². The van der Waals surface area contributed by atoms with Gasteiger partial charge in [-0.05, 0) is 70.8 Å². The zero-order valence-corrected chi connectivity index (χ0v) is 23.7. The number of rotatable bonds is 5. The largest absolute Gasteiger partial charge is 0.463 e. The molecule has 0 bridgehead atoms. The molecule has 1 unspecified atom stereocenters. The quantitative estimate of drug-likeness (QED) is 0.225. The fourth-order valence-electron chi connectivity index (χ4n) is 5.40. The summed E-state index contributed by atoms with van der Waals surface area (Å²) in [4.78, 5) is 34.7. The zero-order valence-electron chi connectivity index (χ0n) is 22.8. The van der Waals surface area contributed by atoms with Crippen LogP contribution in [-0.2, 0) is 9.53 Å². The first-order valence-corrected chi connectivity index (χ1v) is 14.1. The normalized spacial score (nSPS) is 15.3. The van der Waals surface area contributed by atoms with E-state index in [1.807, 2.05) is 80.5 Å². The summed E-state index contributed by atoms with van der Waals surface area (Å²) in [6, 6.07) is 25.9. The van der Waals surface area contributed by atoms with Crippen LogP contribution in [0.2, 0.25) is 0 Å². The number of ether oxygens (including phenoxy) is 1. The van der Waals surface area contributed by atoms with Gasteiger partial charge in [-0.2, -0.15) is 0 Å². The molecule has 0 aliphatic carbocycles. The highest BCUT2D eigenvalue weighted by Crippen LogP contribution is 2.32. The van der Waals surface area contributed by atoms with Crippen LogP contribution in [0.3, 0.4) is 0 Å². The number of carbonyl (C=O) groups is 1. The summed E-state index contributed by atoms with van der Waals surface area (Å²) >= 11 is 1.34. The van der Waals surface area contributed by atoms with Crippen molar-refractivity contribution < 1.29 is 9.53 Å². The maximum atomic E-state index is 14.2. The molecule has 7 heteroatoms. The van der Waals surface area contributed by atoms with Gasteiger partial charge in [0.1, 0.15) is 0 Å². The minimum Gasteiger partial charge on any atom is -0.463 e. The minimum absolute atomic E-state index is 0.184. The lowest BCUT2D eigenvalue weighted by Crippen LogP contribution is -2.40. The zero-order chi connectivity index (χ0) is 28.0. The Balaban J connectivity index is 1.62. The van der Waals surface area contributed by atoms with Crippen LogP contribution in [-0.4, -0.2) is 31.2 Å². The SMILES string of the molecule is CCOC(=O)C1=C(C)N=c2s/c(=C\c3c4ccccc4cc4ccccc34)c(=O)n2C1c1ccc(N(C)C)cc1. The summed E-state index contributed by atoms with van der Waals surface area (Å²) < 4.78 is 7.64. The van der Waals surface area contributed by atoms with Gasteiger partial charge in [-0.3, -0.25) is 9.36 Å². The number of anilines is 1. The van der Waals surface area contributed by atoms with E-state index < -0.39 is 12.0 Å². The molecule has 200 valence electrons. The van der Waals surface area contributed by atoms with Gasteiger partial charge in [0.25, 0.3) is 5.56 Å². The van der Waals surface area contributed by atoms with Crippen LogP contribution < -0.4 is 19.8 Å². The maximum absolute atomic E-state index is 14.2. The number of aromatic nitrogens is 1. The lowest BCUT2D eigenvalue weighted by molar-refractivity contribution is -0.139. The molecular formula is C33H29N3O3S. The van der Waals surface area contributed by atoms with E-state index in [0.29, 0.717) is 20.6 Å². The van der Waals surface area contributed by atoms with Crippen LogP contribution in [0.1, 0.15) is 31.0 Å². The fourth-order valence-corrected chi connectivity index (χ4v) is 6.43. The second-order valence-corrected chi connectivity index (χ2v) is 11.0. The number of hydrogen-bond acceptors (Lipinski definition) is 6. The van der Waals surface area contributed by atoms with Crippen molar-refractivity contribution in [3.8, 4) is 0 Å². The van der Waals surface area contributed by atoms with Crippen molar-refractivity contribution in [1.29, 1.82) is 0 Å². The lowest BCUT2D eigenvalue weighted by Gasteiger charge is -2.25. The molecule has 1 aromatic heterocycles. The average Bonchev–Trinajstić information content (AvgIpc) is 3.26. The van der Waals surface area contributed by atoms with E-state index in [2.05, 4.69) is 30.3 Å². The summed E-state index contributed by atoms with van der Waals surface area (Å²) in [7, 11) is 3.95. The van der Waals surface area contributed by atoms with Gasteiger partial charge < -0.3 is 9.64 Å². The molecule has 0 saturated carbocycles. The standard InChI is InChI=1S/C33H29N3O3S/c1-5-39-32(38)29-20(2)34-33-36(30(29)21-14-16-24(17-15-21)35(3)4)31(37)28(40-33)19-27-25-12-8-6-10-22(25)18-23-11-7-9-13-26(23)27/h6-19,30H,5H2,1-4H3/b28-19-. The molecule has 1 aliphatic heterocycles. The first kappa shape index (κ1) is 25.8. The summed E-state index contributed by atoms with van der Waals surface area (Å²) in [6.07, 6.45) is 1.98. The summed E-state index contributed by atoms with van der Waals surface area (Å²) in [5.74, 6) is -0.459. The van der Waals surface area contributed by atoms with Gasteiger partial charge in [-0.15, -0.1) is 0 Å². The van der Waals surface area contributed by atoms with Crippen molar-refractivity contribution in [2.75, 3.05) is 25.6 Å². The average molecular weight is 548 g/mol. The monoisotopic (exact) mass is 547 g/mol. The van der Waals surface area contributed by atoms with Crippen molar-refractivity contribution in [3.63, 3.8) is 0 Å². The Bertz CT molecular complexity index is 1950. The molecule has 4 aromatic carbocycles. The van der Waals surface area contributed by atoms with Gasteiger partial charge in [0, 0.05) is 19.8 Å². The Labute approximate surface area is 235 Å². The Morgan fingerprint density at radius 2 is 1.62 bits per heavy atom. The molecule has 1 atom stereocenters. The van der Waals surface area contributed by atoms with E-state index in [1.165, 1.54) is 11.3 Å². The molecule has 0 radical (unpaired) electrons. The molecule has 0 amide bonds. The van der Waals surface area contributed by atoms with Crippen molar-refractivity contribution in [2.24, 2.45) is 4.99 Å². The number of esters is 1. The van der Waals surface area contributed by atoms with Gasteiger partial charge in [0.2, 0.25) is 0 Å². The second-order valence-electron chi connectivity index (χ2n) is 10.0. The Morgan fingerprint density at radius 1 is 1.00 bits per heavy atom. The van der Waals surface area contributed by atoms with Gasteiger partial charge in [0.05, 0.1) is 28.5 Å².